The Morgan fingerprint density at radius 3 is 2.26 bits per heavy atom. The molecule has 0 atom stereocenters. The van der Waals surface area contributed by atoms with E-state index in [4.69, 9.17) is 0 Å². The van der Waals surface area contributed by atoms with Crippen molar-refractivity contribution in [3.05, 3.63) is 53.7 Å². The summed E-state index contributed by atoms with van der Waals surface area (Å²) >= 11 is 0. The summed E-state index contributed by atoms with van der Waals surface area (Å²) in [5.74, 6) is 0.337. The number of nitrogens with one attached hydrogen (secondary N) is 1. The van der Waals surface area contributed by atoms with Crippen LogP contribution in [0.2, 0.25) is 0 Å². The van der Waals surface area contributed by atoms with Crippen LogP contribution in [0.1, 0.15) is 11.3 Å². The zero-order valence-corrected chi connectivity index (χ0v) is 9.98. The van der Waals surface area contributed by atoms with Gasteiger partial charge in [-0.05, 0) is 24.1 Å². The second kappa shape index (κ2) is 5.69. The summed E-state index contributed by atoms with van der Waals surface area (Å²) in [7, 11) is 0. The molecule has 100 valence electrons. The molecule has 3 nitrogen and oxygen atoms in total. The third-order valence-corrected chi connectivity index (χ3v) is 2.52. The van der Waals surface area contributed by atoms with Crippen LogP contribution >= 0.6 is 0 Å². The van der Waals surface area contributed by atoms with Crippen LogP contribution in [-0.2, 0) is 12.6 Å². The highest BCUT2D eigenvalue weighted by molar-refractivity contribution is 5.33. The minimum absolute atomic E-state index is 0.337. The lowest BCUT2D eigenvalue weighted by Gasteiger charge is -2.07. The summed E-state index contributed by atoms with van der Waals surface area (Å²) in [6.45, 7) is 0.587. The molecule has 0 unspecified atom stereocenters. The normalized spacial score (nSPS) is 11.3. The van der Waals surface area contributed by atoms with Gasteiger partial charge in [-0.3, -0.25) is 0 Å². The first-order chi connectivity index (χ1) is 9.05. The highest BCUT2D eigenvalue weighted by Gasteiger charge is 2.32. The highest BCUT2D eigenvalue weighted by Crippen LogP contribution is 2.26. The highest BCUT2D eigenvalue weighted by atomic mass is 19.4. The van der Waals surface area contributed by atoms with Gasteiger partial charge in [0, 0.05) is 6.54 Å². The summed E-state index contributed by atoms with van der Waals surface area (Å²) in [5.41, 5.74) is 0.163. The van der Waals surface area contributed by atoms with Gasteiger partial charge in [-0.1, -0.05) is 30.3 Å². The van der Waals surface area contributed by atoms with Crippen molar-refractivity contribution in [2.75, 3.05) is 11.9 Å². The third kappa shape index (κ3) is 3.94. The predicted octanol–water partition coefficient (Wildman–Crippen LogP) is 3.15. The fourth-order valence-electron chi connectivity index (χ4n) is 1.56. The van der Waals surface area contributed by atoms with E-state index in [2.05, 4.69) is 15.5 Å². The fraction of sp³-hybridized carbons (Fsp3) is 0.231. The van der Waals surface area contributed by atoms with Gasteiger partial charge in [0.05, 0.1) is 0 Å². The minimum Gasteiger partial charge on any atom is -0.368 e. The first kappa shape index (κ1) is 13.3. The van der Waals surface area contributed by atoms with Gasteiger partial charge in [0.15, 0.2) is 5.69 Å². The molecule has 0 fully saturated rings. The van der Waals surface area contributed by atoms with Crippen molar-refractivity contribution in [1.82, 2.24) is 10.2 Å². The van der Waals surface area contributed by atoms with E-state index in [1.54, 1.807) is 0 Å². The zero-order valence-electron chi connectivity index (χ0n) is 9.98. The average molecular weight is 267 g/mol. The van der Waals surface area contributed by atoms with Crippen LogP contribution < -0.4 is 5.32 Å². The van der Waals surface area contributed by atoms with Crippen molar-refractivity contribution in [3.63, 3.8) is 0 Å². The number of alkyl halides is 3. The van der Waals surface area contributed by atoms with Crippen molar-refractivity contribution in [2.45, 2.75) is 12.6 Å². The SMILES string of the molecule is FC(F)(F)c1ccc(NCCc2ccccc2)nn1. The molecular formula is C13H12F3N3. The maximum absolute atomic E-state index is 12.3. The molecule has 1 N–H and O–H groups in total. The first-order valence-corrected chi connectivity index (χ1v) is 5.74. The van der Waals surface area contributed by atoms with Crippen LogP contribution in [0.3, 0.4) is 0 Å². The van der Waals surface area contributed by atoms with Gasteiger partial charge in [0.1, 0.15) is 5.82 Å². The van der Waals surface area contributed by atoms with Gasteiger partial charge in [-0.2, -0.15) is 13.2 Å². The van der Waals surface area contributed by atoms with Gasteiger partial charge in [-0.25, -0.2) is 0 Å². The van der Waals surface area contributed by atoms with Gasteiger partial charge < -0.3 is 5.32 Å². The average Bonchev–Trinajstić information content (AvgIpc) is 2.39. The Balaban J connectivity index is 1.87. The van der Waals surface area contributed by atoms with Gasteiger partial charge in [0.2, 0.25) is 0 Å². The summed E-state index contributed by atoms with van der Waals surface area (Å²) in [4.78, 5) is 0. The Bertz CT molecular complexity index is 509. The Morgan fingerprint density at radius 1 is 0.947 bits per heavy atom. The monoisotopic (exact) mass is 267 g/mol. The second-order valence-electron chi connectivity index (χ2n) is 3.96. The second-order valence-corrected chi connectivity index (χ2v) is 3.96. The van der Waals surface area contributed by atoms with Crippen LogP contribution in [0, 0.1) is 0 Å². The predicted molar refractivity (Wildman–Crippen MR) is 65.7 cm³/mol. The van der Waals surface area contributed by atoms with Crippen LogP contribution in [-0.4, -0.2) is 16.7 Å². The molecule has 1 aromatic carbocycles. The minimum atomic E-state index is -4.45. The Morgan fingerprint density at radius 2 is 1.68 bits per heavy atom. The Kier molecular flexibility index (Phi) is 3.99. The molecule has 0 amide bonds. The van der Waals surface area contributed by atoms with E-state index in [0.717, 1.165) is 18.1 Å². The van der Waals surface area contributed by atoms with E-state index in [9.17, 15) is 13.2 Å². The summed E-state index contributed by atoms with van der Waals surface area (Å²) in [6.07, 6.45) is -3.68. The van der Waals surface area contributed by atoms with Gasteiger partial charge in [-0.15, -0.1) is 10.2 Å². The molecule has 0 saturated carbocycles. The molecule has 0 bridgehead atoms. The Hall–Kier alpha value is -2.11. The third-order valence-electron chi connectivity index (χ3n) is 2.52. The Labute approximate surface area is 108 Å². The van der Waals surface area contributed by atoms with Crippen molar-refractivity contribution < 1.29 is 13.2 Å². The van der Waals surface area contributed by atoms with E-state index < -0.39 is 11.9 Å². The van der Waals surface area contributed by atoms with Crippen LogP contribution in [0.5, 0.6) is 0 Å². The van der Waals surface area contributed by atoms with Gasteiger partial charge >= 0.3 is 6.18 Å². The molecule has 1 heterocycles. The largest absolute Gasteiger partial charge is 0.435 e. The summed E-state index contributed by atoms with van der Waals surface area (Å²) < 4.78 is 36.8. The van der Waals surface area contributed by atoms with Crippen molar-refractivity contribution in [2.24, 2.45) is 0 Å². The molecule has 2 rings (SSSR count). The molecular weight excluding hydrogens is 255 g/mol. The molecule has 0 aliphatic rings. The maximum atomic E-state index is 12.3. The first-order valence-electron chi connectivity index (χ1n) is 5.74. The number of halogens is 3. The molecule has 0 radical (unpaired) electrons. The molecule has 1 aromatic heterocycles. The van der Waals surface area contributed by atoms with Crippen LogP contribution in [0.25, 0.3) is 0 Å². The molecule has 0 aliphatic carbocycles. The number of benzene rings is 1. The lowest BCUT2D eigenvalue weighted by Crippen LogP contribution is -2.11. The lowest BCUT2D eigenvalue weighted by atomic mass is 10.1. The number of anilines is 1. The maximum Gasteiger partial charge on any atom is 0.435 e. The number of hydrogen-bond acceptors (Lipinski definition) is 3. The number of aromatic nitrogens is 2. The zero-order chi connectivity index (χ0) is 13.7. The van der Waals surface area contributed by atoms with E-state index in [0.29, 0.717) is 12.4 Å². The number of rotatable bonds is 4. The van der Waals surface area contributed by atoms with Crippen molar-refractivity contribution in [1.29, 1.82) is 0 Å². The number of hydrogen-bond donors (Lipinski definition) is 1. The quantitative estimate of drug-likeness (QED) is 0.924. The summed E-state index contributed by atoms with van der Waals surface area (Å²) in [6, 6.07) is 12.0. The standard InChI is InChI=1S/C13H12F3N3/c14-13(15,16)11-6-7-12(19-18-11)17-9-8-10-4-2-1-3-5-10/h1-7H,8-9H2,(H,17,19). The summed E-state index contributed by atoms with van der Waals surface area (Å²) in [5, 5.41) is 9.56. The lowest BCUT2D eigenvalue weighted by molar-refractivity contribution is -0.141. The molecule has 6 heteroatoms. The molecule has 0 spiro atoms. The van der Waals surface area contributed by atoms with E-state index in [1.165, 1.54) is 6.07 Å². The van der Waals surface area contributed by atoms with E-state index in [1.807, 2.05) is 30.3 Å². The van der Waals surface area contributed by atoms with E-state index in [-0.39, 0.29) is 0 Å². The van der Waals surface area contributed by atoms with Crippen LogP contribution in [0.4, 0.5) is 19.0 Å². The number of nitrogens with zero attached hydrogens (tertiary/aromatic N) is 2. The smallest absolute Gasteiger partial charge is 0.368 e. The molecule has 0 aliphatic heterocycles. The fourth-order valence-corrected chi connectivity index (χ4v) is 1.56. The van der Waals surface area contributed by atoms with Crippen molar-refractivity contribution >= 4 is 5.82 Å². The van der Waals surface area contributed by atoms with Gasteiger partial charge in [0.25, 0.3) is 0 Å². The van der Waals surface area contributed by atoms with Crippen LogP contribution in [0.15, 0.2) is 42.5 Å². The molecule has 0 saturated heterocycles. The molecule has 2 aromatic rings. The molecule has 19 heavy (non-hydrogen) atoms. The van der Waals surface area contributed by atoms with Crippen molar-refractivity contribution in [3.8, 4) is 0 Å². The van der Waals surface area contributed by atoms with E-state index >= 15 is 0 Å². The topological polar surface area (TPSA) is 37.8 Å².